The Kier molecular flexibility index (Phi) is 3.94. The van der Waals surface area contributed by atoms with Gasteiger partial charge in [-0.3, -0.25) is 10.1 Å². The second-order valence-corrected chi connectivity index (χ2v) is 4.90. The van der Waals surface area contributed by atoms with Gasteiger partial charge in [0.15, 0.2) is 0 Å². The zero-order chi connectivity index (χ0) is 14.7. The Bertz CT molecular complexity index is 635. The average molecular weight is 288 g/mol. The largest absolute Gasteiger partial charge is 0.369 e. The molecule has 2 aromatic rings. The predicted octanol–water partition coefficient (Wildman–Crippen LogP) is 1.50. The number of hydrogen-bond donors (Lipinski definition) is 1. The number of benzene rings is 1. The Morgan fingerprint density at radius 2 is 2.33 bits per heavy atom. The number of nitrogens with zero attached hydrogens (tertiary/aromatic N) is 3. The molecular formula is C14H16N4O3. The lowest BCUT2D eigenvalue weighted by Gasteiger charge is -2.24. The van der Waals surface area contributed by atoms with Crippen molar-refractivity contribution < 1.29 is 9.66 Å². The average Bonchev–Trinajstić information content (AvgIpc) is 2.96. The maximum Gasteiger partial charge on any atom is 0.274 e. The third-order valence-electron chi connectivity index (χ3n) is 3.53. The highest BCUT2D eigenvalue weighted by Gasteiger charge is 2.21. The summed E-state index contributed by atoms with van der Waals surface area (Å²) in [4.78, 5) is 14.9. The lowest BCUT2D eigenvalue weighted by Crippen LogP contribution is -2.34. The van der Waals surface area contributed by atoms with Crippen LogP contribution in [0.25, 0.3) is 0 Å². The normalized spacial score (nSPS) is 18.6. The number of nitro benzene ring substituents is 1. The fraction of sp³-hybridized carbons (Fsp3) is 0.357. The molecule has 2 heterocycles. The quantitative estimate of drug-likeness (QED) is 0.681. The molecule has 7 heteroatoms. The zero-order valence-corrected chi connectivity index (χ0v) is 11.4. The van der Waals surface area contributed by atoms with E-state index in [-0.39, 0.29) is 16.7 Å². The van der Waals surface area contributed by atoms with Crippen molar-refractivity contribution in [2.24, 2.45) is 0 Å². The number of para-hydroxylation sites is 1. The fourth-order valence-corrected chi connectivity index (χ4v) is 2.49. The first-order chi connectivity index (χ1) is 10.3. The first-order valence-corrected chi connectivity index (χ1v) is 6.80. The molecule has 1 aromatic carbocycles. The van der Waals surface area contributed by atoms with Crippen molar-refractivity contribution >= 4 is 5.69 Å². The minimum absolute atomic E-state index is 0.0657. The van der Waals surface area contributed by atoms with Gasteiger partial charge in [-0.25, -0.2) is 4.98 Å². The molecule has 1 fully saturated rings. The van der Waals surface area contributed by atoms with E-state index in [0.717, 1.165) is 18.8 Å². The first-order valence-electron chi connectivity index (χ1n) is 6.80. The van der Waals surface area contributed by atoms with E-state index in [1.807, 2.05) is 4.57 Å². The van der Waals surface area contributed by atoms with Crippen molar-refractivity contribution in [3.63, 3.8) is 0 Å². The molecule has 1 aromatic heterocycles. The van der Waals surface area contributed by atoms with E-state index in [4.69, 9.17) is 4.74 Å². The van der Waals surface area contributed by atoms with Crippen LogP contribution in [0.2, 0.25) is 0 Å². The Morgan fingerprint density at radius 1 is 1.48 bits per heavy atom. The summed E-state index contributed by atoms with van der Waals surface area (Å²) < 4.78 is 7.62. The predicted molar refractivity (Wildman–Crippen MR) is 76.0 cm³/mol. The molecule has 110 valence electrons. The molecule has 1 N–H and O–H groups in total. The number of aromatic nitrogens is 2. The Labute approximate surface area is 121 Å². The monoisotopic (exact) mass is 288 g/mol. The van der Waals surface area contributed by atoms with Gasteiger partial charge in [-0.05, 0) is 0 Å². The van der Waals surface area contributed by atoms with Crippen molar-refractivity contribution in [2.75, 3.05) is 19.7 Å². The van der Waals surface area contributed by atoms with Crippen molar-refractivity contribution in [3.05, 3.63) is 58.2 Å². The number of imidazole rings is 1. The molecule has 1 aliphatic rings. The van der Waals surface area contributed by atoms with Gasteiger partial charge in [0.25, 0.3) is 5.69 Å². The summed E-state index contributed by atoms with van der Waals surface area (Å²) in [6.45, 7) is 2.63. The first kappa shape index (κ1) is 13.7. The molecule has 1 unspecified atom stereocenters. The summed E-state index contributed by atoms with van der Waals surface area (Å²) in [5, 5.41) is 14.4. The molecule has 0 bridgehead atoms. The van der Waals surface area contributed by atoms with Crippen LogP contribution in [0.4, 0.5) is 5.69 Å². The highest BCUT2D eigenvalue weighted by atomic mass is 16.6. The second kappa shape index (κ2) is 6.02. The van der Waals surface area contributed by atoms with Gasteiger partial charge in [0.1, 0.15) is 6.10 Å². The molecular weight excluding hydrogens is 272 g/mol. The van der Waals surface area contributed by atoms with E-state index in [9.17, 15) is 10.1 Å². The summed E-state index contributed by atoms with van der Waals surface area (Å²) in [5.41, 5.74) is 1.71. The molecule has 1 aliphatic heterocycles. The Morgan fingerprint density at radius 3 is 3.10 bits per heavy atom. The molecule has 0 aliphatic carbocycles. The molecule has 0 radical (unpaired) electrons. The van der Waals surface area contributed by atoms with E-state index in [1.165, 1.54) is 6.07 Å². The van der Waals surface area contributed by atoms with Crippen LogP contribution in [0.3, 0.4) is 0 Å². The van der Waals surface area contributed by atoms with Crippen LogP contribution >= 0.6 is 0 Å². The van der Waals surface area contributed by atoms with Gasteiger partial charge in [0, 0.05) is 24.7 Å². The van der Waals surface area contributed by atoms with Gasteiger partial charge >= 0.3 is 0 Å². The van der Waals surface area contributed by atoms with Gasteiger partial charge in [-0.1, -0.05) is 18.2 Å². The molecule has 21 heavy (non-hydrogen) atoms. The Balaban J connectivity index is 1.86. The number of ether oxygens (including phenoxy) is 1. The summed E-state index contributed by atoms with van der Waals surface area (Å²) in [7, 11) is 0. The minimum atomic E-state index is -0.357. The number of nitro groups is 1. The number of rotatable bonds is 4. The van der Waals surface area contributed by atoms with Crippen molar-refractivity contribution in [1.82, 2.24) is 14.9 Å². The summed E-state index contributed by atoms with van der Waals surface area (Å²) in [6, 6.07) is 6.76. The molecule has 3 rings (SSSR count). The van der Waals surface area contributed by atoms with E-state index in [0.29, 0.717) is 18.7 Å². The smallest absolute Gasteiger partial charge is 0.274 e. The van der Waals surface area contributed by atoms with E-state index >= 15 is 0 Å². The van der Waals surface area contributed by atoms with Crippen molar-refractivity contribution in [1.29, 1.82) is 0 Å². The van der Waals surface area contributed by atoms with Crippen LogP contribution in [0.5, 0.6) is 0 Å². The Hall–Kier alpha value is -2.25. The fourth-order valence-electron chi connectivity index (χ4n) is 2.49. The topological polar surface area (TPSA) is 82.2 Å². The van der Waals surface area contributed by atoms with Crippen LogP contribution in [0.15, 0.2) is 36.8 Å². The van der Waals surface area contributed by atoms with Gasteiger partial charge < -0.3 is 14.6 Å². The summed E-state index contributed by atoms with van der Waals surface area (Å²) >= 11 is 0. The van der Waals surface area contributed by atoms with Crippen molar-refractivity contribution in [3.8, 4) is 0 Å². The van der Waals surface area contributed by atoms with E-state index in [2.05, 4.69) is 10.3 Å². The molecule has 7 nitrogen and oxygen atoms in total. The molecule has 1 atom stereocenters. The summed E-state index contributed by atoms with van der Waals surface area (Å²) in [6.07, 6.45) is 3.38. The maximum atomic E-state index is 11.1. The molecule has 1 saturated heterocycles. The van der Waals surface area contributed by atoms with Crippen molar-refractivity contribution in [2.45, 2.75) is 12.6 Å². The number of morpholine rings is 1. The van der Waals surface area contributed by atoms with Gasteiger partial charge in [-0.15, -0.1) is 0 Å². The standard InChI is InChI=1S/C14H16N4O3/c19-18(20)12-4-2-1-3-11(12)9-17-10-16-7-13(17)14-8-15-5-6-21-14/h1-4,7,10,14-15H,5-6,8-9H2. The second-order valence-electron chi connectivity index (χ2n) is 4.90. The molecule has 0 spiro atoms. The minimum Gasteiger partial charge on any atom is -0.369 e. The lowest BCUT2D eigenvalue weighted by atomic mass is 10.1. The van der Waals surface area contributed by atoms with Crippen LogP contribution in [-0.2, 0) is 11.3 Å². The van der Waals surface area contributed by atoms with E-state index in [1.54, 1.807) is 30.7 Å². The number of hydrogen-bond acceptors (Lipinski definition) is 5. The number of nitrogens with one attached hydrogen (secondary N) is 1. The maximum absolute atomic E-state index is 11.1. The molecule has 0 amide bonds. The third kappa shape index (κ3) is 2.93. The van der Waals surface area contributed by atoms with Crippen LogP contribution < -0.4 is 5.32 Å². The van der Waals surface area contributed by atoms with Crippen LogP contribution in [-0.4, -0.2) is 34.2 Å². The zero-order valence-electron chi connectivity index (χ0n) is 11.4. The lowest BCUT2D eigenvalue weighted by molar-refractivity contribution is -0.385. The molecule has 0 saturated carbocycles. The third-order valence-corrected chi connectivity index (χ3v) is 3.53. The van der Waals surface area contributed by atoms with Gasteiger partial charge in [0.05, 0.1) is 36.3 Å². The van der Waals surface area contributed by atoms with Gasteiger partial charge in [0.2, 0.25) is 0 Å². The SMILES string of the molecule is O=[N+]([O-])c1ccccc1Cn1cncc1C1CNCCO1. The highest BCUT2D eigenvalue weighted by Crippen LogP contribution is 2.23. The van der Waals surface area contributed by atoms with Crippen LogP contribution in [0, 0.1) is 10.1 Å². The van der Waals surface area contributed by atoms with Crippen LogP contribution in [0.1, 0.15) is 17.4 Å². The van der Waals surface area contributed by atoms with Gasteiger partial charge in [-0.2, -0.15) is 0 Å². The highest BCUT2D eigenvalue weighted by molar-refractivity contribution is 5.40. The van der Waals surface area contributed by atoms with E-state index < -0.39 is 0 Å². The summed E-state index contributed by atoms with van der Waals surface area (Å²) in [5.74, 6) is 0.